The number of benzene rings is 1. The molecule has 132 valence electrons. The lowest BCUT2D eigenvalue weighted by atomic mass is 9.74. The number of carbonyl (C=O) groups is 1. The van der Waals surface area contributed by atoms with Crippen LogP contribution in [0.25, 0.3) is 11.3 Å². The summed E-state index contributed by atoms with van der Waals surface area (Å²) in [6.45, 7) is 3.15. The summed E-state index contributed by atoms with van der Waals surface area (Å²) >= 11 is 0. The van der Waals surface area contributed by atoms with Crippen LogP contribution in [0.4, 0.5) is 4.39 Å². The molecule has 3 atom stereocenters. The van der Waals surface area contributed by atoms with Crippen molar-refractivity contribution in [3.8, 4) is 11.3 Å². The van der Waals surface area contributed by atoms with Crippen LogP contribution in [0.15, 0.2) is 30.3 Å². The number of rotatable bonds is 2. The number of carbonyl (C=O) groups excluding carboxylic acids is 1. The fourth-order valence-corrected chi connectivity index (χ4v) is 4.50. The van der Waals surface area contributed by atoms with Gasteiger partial charge < -0.3 is 4.90 Å². The number of H-pyrrole nitrogens is 1. The number of aromatic nitrogens is 2. The van der Waals surface area contributed by atoms with E-state index in [0.717, 1.165) is 30.9 Å². The lowest BCUT2D eigenvalue weighted by Gasteiger charge is -2.45. The van der Waals surface area contributed by atoms with Gasteiger partial charge in [-0.15, -0.1) is 0 Å². The lowest BCUT2D eigenvalue weighted by Crippen LogP contribution is -2.50. The van der Waals surface area contributed by atoms with Gasteiger partial charge in [0.05, 0.1) is 5.69 Å². The van der Waals surface area contributed by atoms with Gasteiger partial charge in [-0.2, -0.15) is 5.10 Å². The van der Waals surface area contributed by atoms with Crippen molar-refractivity contribution >= 4 is 5.91 Å². The standard InChI is InChI=1S/C20H24FN3O/c1-13-4-9-19-15(11-13)3-2-10-24(19)20(25)18-12-17(22-23-18)14-5-7-16(21)8-6-14/h5-8,12-13,15,19H,2-4,9-11H2,1H3,(H,22,23)/t13-,15+,19+/m1/s1. The first-order chi connectivity index (χ1) is 12.1. The second-order valence-corrected chi connectivity index (χ2v) is 7.56. The highest BCUT2D eigenvalue weighted by Crippen LogP contribution is 2.38. The minimum absolute atomic E-state index is 0.0464. The lowest BCUT2D eigenvalue weighted by molar-refractivity contribution is 0.0317. The number of hydrogen-bond donors (Lipinski definition) is 1. The normalized spacial score (nSPS) is 26.3. The molecule has 5 heteroatoms. The van der Waals surface area contributed by atoms with Crippen LogP contribution in [0.1, 0.15) is 49.5 Å². The molecule has 1 aromatic carbocycles. The Morgan fingerprint density at radius 1 is 1.24 bits per heavy atom. The van der Waals surface area contributed by atoms with Crippen molar-refractivity contribution in [1.82, 2.24) is 15.1 Å². The molecule has 4 nitrogen and oxygen atoms in total. The molecule has 1 aromatic heterocycles. The topological polar surface area (TPSA) is 49.0 Å². The molecule has 1 aliphatic carbocycles. The summed E-state index contributed by atoms with van der Waals surface area (Å²) in [5.74, 6) is 1.18. The van der Waals surface area contributed by atoms with E-state index >= 15 is 0 Å². The maximum Gasteiger partial charge on any atom is 0.272 e. The quantitative estimate of drug-likeness (QED) is 0.887. The van der Waals surface area contributed by atoms with Crippen LogP contribution in [0.3, 0.4) is 0 Å². The first-order valence-electron chi connectivity index (χ1n) is 9.24. The van der Waals surface area contributed by atoms with Gasteiger partial charge in [-0.3, -0.25) is 9.89 Å². The first-order valence-corrected chi connectivity index (χ1v) is 9.24. The predicted molar refractivity (Wildman–Crippen MR) is 94.5 cm³/mol. The molecule has 1 amide bonds. The van der Waals surface area contributed by atoms with Crippen molar-refractivity contribution in [3.05, 3.63) is 41.8 Å². The molecule has 0 spiro atoms. The Morgan fingerprint density at radius 3 is 2.84 bits per heavy atom. The molecule has 0 bridgehead atoms. The largest absolute Gasteiger partial charge is 0.334 e. The Labute approximate surface area is 147 Å². The summed E-state index contributed by atoms with van der Waals surface area (Å²) in [6.07, 6.45) is 5.87. The number of halogens is 1. The Morgan fingerprint density at radius 2 is 2.04 bits per heavy atom. The zero-order valence-electron chi connectivity index (χ0n) is 14.5. The van der Waals surface area contributed by atoms with Gasteiger partial charge in [-0.1, -0.05) is 6.92 Å². The van der Waals surface area contributed by atoms with E-state index in [0.29, 0.717) is 23.3 Å². The van der Waals surface area contributed by atoms with Gasteiger partial charge in [-0.05, 0) is 74.3 Å². The van der Waals surface area contributed by atoms with Gasteiger partial charge in [0, 0.05) is 18.2 Å². The van der Waals surface area contributed by atoms with Crippen molar-refractivity contribution in [1.29, 1.82) is 0 Å². The van der Waals surface area contributed by atoms with Crippen LogP contribution in [0, 0.1) is 17.7 Å². The zero-order valence-corrected chi connectivity index (χ0v) is 14.5. The van der Waals surface area contributed by atoms with Gasteiger partial charge in [0.15, 0.2) is 0 Å². The fourth-order valence-electron chi connectivity index (χ4n) is 4.50. The molecule has 0 radical (unpaired) electrons. The van der Waals surface area contributed by atoms with E-state index in [9.17, 15) is 9.18 Å². The Bertz CT molecular complexity index is 755. The van der Waals surface area contributed by atoms with Crippen LogP contribution >= 0.6 is 0 Å². The number of nitrogens with one attached hydrogen (secondary N) is 1. The molecule has 0 unspecified atom stereocenters. The second-order valence-electron chi connectivity index (χ2n) is 7.56. The molecule has 1 N–H and O–H groups in total. The van der Waals surface area contributed by atoms with Gasteiger partial charge in [0.1, 0.15) is 11.5 Å². The molecule has 2 aliphatic rings. The third-order valence-electron chi connectivity index (χ3n) is 5.79. The summed E-state index contributed by atoms with van der Waals surface area (Å²) < 4.78 is 13.1. The molecule has 1 saturated carbocycles. The van der Waals surface area contributed by atoms with Gasteiger partial charge >= 0.3 is 0 Å². The number of piperidine rings is 1. The highest BCUT2D eigenvalue weighted by Gasteiger charge is 2.38. The van der Waals surface area contributed by atoms with E-state index < -0.39 is 0 Å². The molecule has 2 heterocycles. The summed E-state index contributed by atoms with van der Waals surface area (Å²) in [4.78, 5) is 15.1. The maximum absolute atomic E-state index is 13.1. The van der Waals surface area contributed by atoms with Crippen molar-refractivity contribution < 1.29 is 9.18 Å². The van der Waals surface area contributed by atoms with E-state index in [4.69, 9.17) is 0 Å². The number of hydrogen-bond acceptors (Lipinski definition) is 2. The molecular formula is C20H24FN3O. The minimum Gasteiger partial charge on any atom is -0.334 e. The van der Waals surface area contributed by atoms with E-state index in [1.807, 2.05) is 0 Å². The maximum atomic E-state index is 13.1. The van der Waals surface area contributed by atoms with Gasteiger partial charge in [0.2, 0.25) is 0 Å². The van der Waals surface area contributed by atoms with E-state index in [1.165, 1.54) is 31.4 Å². The van der Waals surface area contributed by atoms with Crippen molar-refractivity contribution in [2.24, 2.45) is 11.8 Å². The molecule has 25 heavy (non-hydrogen) atoms. The summed E-state index contributed by atoms with van der Waals surface area (Å²) in [6, 6.07) is 8.33. The average Bonchev–Trinajstić information content (AvgIpc) is 3.11. The van der Waals surface area contributed by atoms with Gasteiger partial charge in [-0.25, -0.2) is 4.39 Å². The third-order valence-corrected chi connectivity index (χ3v) is 5.79. The minimum atomic E-state index is -0.276. The fraction of sp³-hybridized carbons (Fsp3) is 0.500. The van der Waals surface area contributed by atoms with Crippen LogP contribution in [-0.4, -0.2) is 33.6 Å². The predicted octanol–water partition coefficient (Wildman–Crippen LogP) is 4.26. The molecule has 2 aromatic rings. The summed E-state index contributed by atoms with van der Waals surface area (Å²) in [7, 11) is 0. The Kier molecular flexibility index (Phi) is 4.32. The van der Waals surface area contributed by atoms with Crippen molar-refractivity contribution in [3.63, 3.8) is 0 Å². The molecule has 1 aliphatic heterocycles. The summed E-state index contributed by atoms with van der Waals surface area (Å²) in [5.41, 5.74) is 2.01. The molecule has 4 rings (SSSR count). The van der Waals surface area contributed by atoms with E-state index in [2.05, 4.69) is 22.0 Å². The number of fused-ring (bicyclic) bond motifs is 1. The summed E-state index contributed by atoms with van der Waals surface area (Å²) in [5, 5.41) is 7.14. The van der Waals surface area contributed by atoms with E-state index in [-0.39, 0.29) is 11.7 Å². The SMILES string of the molecule is C[C@@H]1CC[C@H]2[C@@H](CCCN2C(=O)c2cc(-c3ccc(F)cc3)n[nH]2)C1. The monoisotopic (exact) mass is 341 g/mol. The highest BCUT2D eigenvalue weighted by atomic mass is 19.1. The third kappa shape index (κ3) is 3.20. The van der Waals surface area contributed by atoms with Crippen molar-refractivity contribution in [2.45, 2.75) is 45.1 Å². The number of aromatic amines is 1. The van der Waals surface area contributed by atoms with Crippen LogP contribution in [-0.2, 0) is 0 Å². The van der Waals surface area contributed by atoms with E-state index in [1.54, 1.807) is 18.2 Å². The van der Waals surface area contributed by atoms with Gasteiger partial charge in [0.25, 0.3) is 5.91 Å². The van der Waals surface area contributed by atoms with Crippen molar-refractivity contribution in [2.75, 3.05) is 6.54 Å². The van der Waals surface area contributed by atoms with Crippen LogP contribution < -0.4 is 0 Å². The molecule has 2 fully saturated rings. The van der Waals surface area contributed by atoms with Crippen LogP contribution in [0.5, 0.6) is 0 Å². The Hall–Kier alpha value is -2.17. The molecule has 1 saturated heterocycles. The number of likely N-dealkylation sites (tertiary alicyclic amines) is 1. The number of amides is 1. The Balaban J connectivity index is 1.53. The zero-order chi connectivity index (χ0) is 17.4. The molecular weight excluding hydrogens is 317 g/mol. The first kappa shape index (κ1) is 16.3. The smallest absolute Gasteiger partial charge is 0.272 e. The number of nitrogens with zero attached hydrogens (tertiary/aromatic N) is 2. The van der Waals surface area contributed by atoms with Crippen LogP contribution in [0.2, 0.25) is 0 Å². The highest BCUT2D eigenvalue weighted by molar-refractivity contribution is 5.93. The average molecular weight is 341 g/mol. The second kappa shape index (κ2) is 6.62.